The van der Waals surface area contributed by atoms with E-state index in [1.807, 2.05) is 0 Å². The van der Waals surface area contributed by atoms with Crippen LogP contribution in [-0.4, -0.2) is 14.9 Å². The van der Waals surface area contributed by atoms with Crippen LogP contribution in [0.4, 0.5) is 11.5 Å². The molecular weight excluding hydrogens is 319 g/mol. The minimum atomic E-state index is -0.621. The van der Waals surface area contributed by atoms with E-state index in [1.54, 1.807) is 13.8 Å². The van der Waals surface area contributed by atoms with Gasteiger partial charge in [-0.1, -0.05) is 23.2 Å². The van der Waals surface area contributed by atoms with Crippen LogP contribution in [0.1, 0.15) is 11.4 Å². The number of benzene rings is 1. The molecule has 2 N–H and O–H groups in total. The summed E-state index contributed by atoms with van der Waals surface area (Å²) in [4.78, 5) is 18.5. The summed E-state index contributed by atoms with van der Waals surface area (Å²) in [6, 6.07) is 2.38. The van der Waals surface area contributed by atoms with Crippen LogP contribution in [0, 0.1) is 24.0 Å². The maximum atomic E-state index is 11.1. The van der Waals surface area contributed by atoms with E-state index in [1.165, 1.54) is 6.07 Å². The molecule has 2 aromatic rings. The predicted octanol–water partition coefficient (Wildman–Crippen LogP) is 3.68. The minimum Gasteiger partial charge on any atom is -0.431 e. The maximum Gasteiger partial charge on any atom is 0.313 e. The fourth-order valence-electron chi connectivity index (χ4n) is 1.57. The lowest BCUT2D eigenvalue weighted by Gasteiger charge is -2.10. The van der Waals surface area contributed by atoms with E-state index in [9.17, 15) is 10.1 Å². The summed E-state index contributed by atoms with van der Waals surface area (Å²) in [5, 5.41) is 11.3. The van der Waals surface area contributed by atoms with Gasteiger partial charge < -0.3 is 10.5 Å². The Bertz CT molecular complexity index is 737. The topological polar surface area (TPSA) is 104 Å². The second-order valence-corrected chi connectivity index (χ2v) is 4.99. The highest BCUT2D eigenvalue weighted by molar-refractivity contribution is 6.42. The molecule has 0 bridgehead atoms. The third-order valence-corrected chi connectivity index (χ3v) is 3.38. The number of nitrogens with zero attached hydrogens (tertiary/aromatic N) is 3. The molecule has 0 saturated heterocycles. The van der Waals surface area contributed by atoms with Gasteiger partial charge in [-0.25, -0.2) is 4.98 Å². The first-order valence-corrected chi connectivity index (χ1v) is 6.47. The minimum absolute atomic E-state index is 0.0609. The van der Waals surface area contributed by atoms with Gasteiger partial charge in [0, 0.05) is 12.1 Å². The van der Waals surface area contributed by atoms with Gasteiger partial charge in [0.2, 0.25) is 11.6 Å². The largest absolute Gasteiger partial charge is 0.431 e. The molecular formula is C12H10Cl2N4O3. The highest BCUT2D eigenvalue weighted by Crippen LogP contribution is 2.38. The Morgan fingerprint density at radius 1 is 1.24 bits per heavy atom. The Morgan fingerprint density at radius 2 is 1.86 bits per heavy atom. The third-order valence-electron chi connectivity index (χ3n) is 2.66. The van der Waals surface area contributed by atoms with Crippen LogP contribution in [0.15, 0.2) is 12.1 Å². The molecule has 110 valence electrons. The van der Waals surface area contributed by atoms with E-state index in [0.29, 0.717) is 11.4 Å². The summed E-state index contributed by atoms with van der Waals surface area (Å²) >= 11 is 11.6. The van der Waals surface area contributed by atoms with Crippen molar-refractivity contribution in [3.8, 4) is 11.6 Å². The van der Waals surface area contributed by atoms with E-state index >= 15 is 0 Å². The van der Waals surface area contributed by atoms with Crippen molar-refractivity contribution in [1.82, 2.24) is 9.97 Å². The zero-order valence-electron chi connectivity index (χ0n) is 11.1. The lowest BCUT2D eigenvalue weighted by atomic mass is 10.3. The average Bonchev–Trinajstić information content (AvgIpc) is 2.39. The number of nitro groups is 1. The van der Waals surface area contributed by atoms with Crippen molar-refractivity contribution in [1.29, 1.82) is 0 Å². The smallest absolute Gasteiger partial charge is 0.313 e. The SMILES string of the molecule is Cc1nc(N)c(C)c(Oc2cc(Cl)c(Cl)cc2[N+](=O)[O-])n1. The molecule has 1 aromatic carbocycles. The number of anilines is 1. The fourth-order valence-corrected chi connectivity index (χ4v) is 1.88. The molecule has 0 saturated carbocycles. The number of aryl methyl sites for hydroxylation is 1. The van der Waals surface area contributed by atoms with Crippen LogP contribution >= 0.6 is 23.2 Å². The molecule has 1 aromatic heterocycles. The summed E-state index contributed by atoms with van der Waals surface area (Å²) in [7, 11) is 0. The fraction of sp³-hybridized carbons (Fsp3) is 0.167. The van der Waals surface area contributed by atoms with Crippen molar-refractivity contribution in [3.05, 3.63) is 43.7 Å². The quantitative estimate of drug-likeness (QED) is 0.680. The highest BCUT2D eigenvalue weighted by Gasteiger charge is 2.21. The van der Waals surface area contributed by atoms with Crippen molar-refractivity contribution >= 4 is 34.7 Å². The lowest BCUT2D eigenvalue weighted by Crippen LogP contribution is -2.03. The van der Waals surface area contributed by atoms with Crippen molar-refractivity contribution < 1.29 is 9.66 Å². The molecule has 7 nitrogen and oxygen atoms in total. The van der Waals surface area contributed by atoms with E-state index in [0.717, 1.165) is 6.07 Å². The Morgan fingerprint density at radius 3 is 2.48 bits per heavy atom. The van der Waals surface area contributed by atoms with Gasteiger partial charge in [0.25, 0.3) is 0 Å². The number of ether oxygens (including phenoxy) is 1. The van der Waals surface area contributed by atoms with Crippen LogP contribution in [-0.2, 0) is 0 Å². The van der Waals surface area contributed by atoms with Gasteiger partial charge in [-0.05, 0) is 13.8 Å². The van der Waals surface area contributed by atoms with Gasteiger partial charge in [0.15, 0.2) is 0 Å². The van der Waals surface area contributed by atoms with Crippen molar-refractivity contribution in [2.75, 3.05) is 5.73 Å². The van der Waals surface area contributed by atoms with Crippen LogP contribution in [0.2, 0.25) is 10.0 Å². The van der Waals surface area contributed by atoms with Crippen molar-refractivity contribution in [2.24, 2.45) is 0 Å². The molecule has 0 aliphatic rings. The lowest BCUT2D eigenvalue weighted by molar-refractivity contribution is -0.385. The van der Waals surface area contributed by atoms with Gasteiger partial charge in [0.1, 0.15) is 11.6 Å². The number of hydrogen-bond acceptors (Lipinski definition) is 6. The zero-order valence-corrected chi connectivity index (χ0v) is 12.6. The Labute approximate surface area is 129 Å². The van der Waals surface area contributed by atoms with E-state index < -0.39 is 4.92 Å². The Kier molecular flexibility index (Phi) is 4.15. The number of rotatable bonds is 3. The maximum absolute atomic E-state index is 11.1. The monoisotopic (exact) mass is 328 g/mol. The molecule has 0 atom stereocenters. The molecule has 0 spiro atoms. The van der Waals surface area contributed by atoms with E-state index in [4.69, 9.17) is 33.7 Å². The van der Waals surface area contributed by atoms with Crippen LogP contribution in [0.3, 0.4) is 0 Å². The summed E-state index contributed by atoms with van der Waals surface area (Å²) in [6.07, 6.45) is 0. The highest BCUT2D eigenvalue weighted by atomic mass is 35.5. The van der Waals surface area contributed by atoms with Crippen LogP contribution in [0.25, 0.3) is 0 Å². The second-order valence-electron chi connectivity index (χ2n) is 4.18. The normalized spacial score (nSPS) is 10.5. The number of nitrogen functional groups attached to an aromatic ring is 1. The van der Waals surface area contributed by atoms with Crippen LogP contribution < -0.4 is 10.5 Å². The van der Waals surface area contributed by atoms with Crippen molar-refractivity contribution in [3.63, 3.8) is 0 Å². The first-order valence-electron chi connectivity index (χ1n) is 5.71. The number of nitrogens with two attached hydrogens (primary N) is 1. The van der Waals surface area contributed by atoms with Crippen LogP contribution in [0.5, 0.6) is 11.6 Å². The van der Waals surface area contributed by atoms with Gasteiger partial charge in [-0.15, -0.1) is 0 Å². The Balaban J connectivity index is 2.54. The molecule has 0 radical (unpaired) electrons. The summed E-state index contributed by atoms with van der Waals surface area (Å²) in [5.74, 6) is 0.674. The number of nitro benzene ring substituents is 1. The molecule has 0 fully saturated rings. The number of hydrogen-bond donors (Lipinski definition) is 1. The molecule has 0 amide bonds. The van der Waals surface area contributed by atoms with Gasteiger partial charge in [-0.2, -0.15) is 4.98 Å². The first kappa shape index (κ1) is 15.3. The number of aromatic nitrogens is 2. The average molecular weight is 329 g/mol. The van der Waals surface area contributed by atoms with Gasteiger partial charge in [0.05, 0.1) is 20.5 Å². The summed E-state index contributed by atoms with van der Waals surface area (Å²) < 4.78 is 5.48. The summed E-state index contributed by atoms with van der Waals surface area (Å²) in [6.45, 7) is 3.28. The molecule has 9 heteroatoms. The zero-order chi connectivity index (χ0) is 15.7. The molecule has 0 aliphatic heterocycles. The molecule has 1 heterocycles. The van der Waals surface area contributed by atoms with E-state index in [2.05, 4.69) is 9.97 Å². The number of halogens is 2. The van der Waals surface area contributed by atoms with Gasteiger partial charge >= 0.3 is 5.69 Å². The summed E-state index contributed by atoms with van der Waals surface area (Å²) in [5.41, 5.74) is 5.87. The Hall–Kier alpha value is -2.12. The van der Waals surface area contributed by atoms with E-state index in [-0.39, 0.29) is 33.2 Å². The predicted molar refractivity (Wildman–Crippen MR) is 79.1 cm³/mol. The van der Waals surface area contributed by atoms with Crippen molar-refractivity contribution in [2.45, 2.75) is 13.8 Å². The van der Waals surface area contributed by atoms with Gasteiger partial charge in [-0.3, -0.25) is 10.1 Å². The second kappa shape index (κ2) is 5.71. The molecule has 2 rings (SSSR count). The molecule has 0 aliphatic carbocycles. The first-order chi connectivity index (χ1) is 9.79. The molecule has 21 heavy (non-hydrogen) atoms. The third kappa shape index (κ3) is 3.14. The standard InChI is InChI=1S/C12H10Cl2N4O3/c1-5-11(15)16-6(2)17-12(5)21-10-4-8(14)7(13)3-9(10)18(19)20/h3-4H,1-2H3,(H2,15,16,17). The molecule has 0 unspecified atom stereocenters.